The Morgan fingerprint density at radius 3 is 2.89 bits per heavy atom. The number of aromatic nitrogens is 1. The van der Waals surface area contributed by atoms with Gasteiger partial charge >= 0.3 is 0 Å². The fraction of sp³-hybridized carbons (Fsp3) is 0.667. The maximum atomic E-state index is 12.5. The van der Waals surface area contributed by atoms with E-state index < -0.39 is 0 Å². The number of nitrogens with zero attached hydrogens (tertiary/aromatic N) is 2. The van der Waals surface area contributed by atoms with Gasteiger partial charge < -0.3 is 15.2 Å². The molecule has 0 aromatic carbocycles. The Hall–Kier alpha value is -1.29. The summed E-state index contributed by atoms with van der Waals surface area (Å²) in [5, 5.41) is 0. The van der Waals surface area contributed by atoms with E-state index in [2.05, 4.69) is 10.6 Å². The SMILES string of the molecule is CC[C@@H](N)C(=O)N1CCCCCC1c1cccn1C. The van der Waals surface area contributed by atoms with Gasteiger partial charge in [0.1, 0.15) is 0 Å². The number of rotatable bonds is 3. The highest BCUT2D eigenvalue weighted by Gasteiger charge is 2.30. The average Bonchev–Trinajstić information content (AvgIpc) is 2.70. The minimum atomic E-state index is -0.360. The van der Waals surface area contributed by atoms with E-state index in [9.17, 15) is 4.79 Å². The van der Waals surface area contributed by atoms with E-state index in [0.717, 1.165) is 19.4 Å². The Morgan fingerprint density at radius 1 is 1.47 bits per heavy atom. The van der Waals surface area contributed by atoms with Crippen molar-refractivity contribution in [1.29, 1.82) is 0 Å². The second-order valence-electron chi connectivity index (χ2n) is 5.46. The lowest BCUT2D eigenvalue weighted by Crippen LogP contribution is -2.45. The van der Waals surface area contributed by atoms with Gasteiger partial charge in [-0.15, -0.1) is 0 Å². The predicted molar refractivity (Wildman–Crippen MR) is 76.6 cm³/mol. The molecule has 2 rings (SSSR count). The summed E-state index contributed by atoms with van der Waals surface area (Å²) in [5.74, 6) is 0.107. The lowest BCUT2D eigenvalue weighted by atomic mass is 10.1. The normalized spacial score (nSPS) is 22.1. The molecule has 0 saturated carbocycles. The lowest BCUT2D eigenvalue weighted by molar-refractivity contribution is -0.135. The van der Waals surface area contributed by atoms with E-state index in [0.29, 0.717) is 6.42 Å². The molecule has 0 bridgehead atoms. The van der Waals surface area contributed by atoms with Crippen molar-refractivity contribution in [2.75, 3.05) is 6.54 Å². The van der Waals surface area contributed by atoms with Gasteiger partial charge in [0.2, 0.25) is 5.91 Å². The van der Waals surface area contributed by atoms with Crippen molar-refractivity contribution in [2.45, 2.75) is 51.1 Å². The van der Waals surface area contributed by atoms with Crippen LogP contribution in [0, 0.1) is 0 Å². The van der Waals surface area contributed by atoms with E-state index in [1.54, 1.807) is 0 Å². The Morgan fingerprint density at radius 2 is 2.26 bits per heavy atom. The molecule has 1 aromatic heterocycles. The second kappa shape index (κ2) is 6.24. The van der Waals surface area contributed by atoms with Crippen LogP contribution in [0.5, 0.6) is 0 Å². The van der Waals surface area contributed by atoms with Crippen LogP contribution in [0.25, 0.3) is 0 Å². The number of carbonyl (C=O) groups is 1. The molecule has 1 fully saturated rings. The largest absolute Gasteiger partial charge is 0.353 e. The molecule has 2 N–H and O–H groups in total. The molecule has 0 radical (unpaired) electrons. The van der Waals surface area contributed by atoms with E-state index in [-0.39, 0.29) is 18.0 Å². The summed E-state index contributed by atoms with van der Waals surface area (Å²) in [7, 11) is 2.04. The van der Waals surface area contributed by atoms with Gasteiger partial charge in [-0.1, -0.05) is 19.8 Å². The van der Waals surface area contributed by atoms with E-state index in [4.69, 9.17) is 5.73 Å². The Balaban J connectivity index is 2.26. The molecule has 19 heavy (non-hydrogen) atoms. The molecule has 106 valence electrons. The van der Waals surface area contributed by atoms with Crippen molar-refractivity contribution in [2.24, 2.45) is 12.8 Å². The predicted octanol–water partition coefficient (Wildman–Crippen LogP) is 2.21. The molecule has 0 spiro atoms. The van der Waals surface area contributed by atoms with Gasteiger partial charge in [0, 0.05) is 25.5 Å². The molecule has 2 atom stereocenters. The zero-order valence-corrected chi connectivity index (χ0v) is 12.0. The van der Waals surface area contributed by atoms with Crippen LogP contribution in [0.15, 0.2) is 18.3 Å². The van der Waals surface area contributed by atoms with Crippen LogP contribution in [0.4, 0.5) is 0 Å². The fourth-order valence-electron chi connectivity index (χ4n) is 2.89. The molecule has 0 aliphatic carbocycles. The molecule has 1 amide bonds. The number of nitrogens with two attached hydrogens (primary N) is 1. The highest BCUT2D eigenvalue weighted by atomic mass is 16.2. The number of amides is 1. The van der Waals surface area contributed by atoms with Crippen molar-refractivity contribution in [3.8, 4) is 0 Å². The highest BCUT2D eigenvalue weighted by Crippen LogP contribution is 2.30. The third kappa shape index (κ3) is 3.00. The second-order valence-corrected chi connectivity index (χ2v) is 5.46. The third-order valence-corrected chi connectivity index (χ3v) is 4.12. The zero-order chi connectivity index (χ0) is 13.8. The molecule has 2 heterocycles. The number of hydrogen-bond acceptors (Lipinski definition) is 2. The fourth-order valence-corrected chi connectivity index (χ4v) is 2.89. The number of aryl methyl sites for hydroxylation is 1. The molecule has 4 heteroatoms. The van der Waals surface area contributed by atoms with Gasteiger partial charge in [0.05, 0.1) is 12.1 Å². The van der Waals surface area contributed by atoms with Gasteiger partial charge in [-0.2, -0.15) is 0 Å². The maximum absolute atomic E-state index is 12.5. The summed E-state index contributed by atoms with van der Waals surface area (Å²) in [6.07, 6.45) is 7.26. The minimum absolute atomic E-state index is 0.107. The first-order valence-electron chi connectivity index (χ1n) is 7.32. The molecule has 1 unspecified atom stereocenters. The summed E-state index contributed by atoms with van der Waals surface area (Å²) in [5.41, 5.74) is 7.17. The summed E-state index contributed by atoms with van der Waals surface area (Å²) < 4.78 is 2.12. The van der Waals surface area contributed by atoms with Crippen molar-refractivity contribution in [1.82, 2.24) is 9.47 Å². The van der Waals surface area contributed by atoms with Crippen molar-refractivity contribution in [3.63, 3.8) is 0 Å². The smallest absolute Gasteiger partial charge is 0.240 e. The number of likely N-dealkylation sites (tertiary alicyclic amines) is 1. The van der Waals surface area contributed by atoms with Gasteiger partial charge in [-0.3, -0.25) is 4.79 Å². The first-order valence-corrected chi connectivity index (χ1v) is 7.32. The van der Waals surface area contributed by atoms with Crippen molar-refractivity contribution < 1.29 is 4.79 Å². The van der Waals surface area contributed by atoms with Gasteiger partial charge in [-0.25, -0.2) is 0 Å². The van der Waals surface area contributed by atoms with Crippen LogP contribution >= 0.6 is 0 Å². The monoisotopic (exact) mass is 263 g/mol. The Bertz CT molecular complexity index is 427. The van der Waals surface area contributed by atoms with Crippen LogP contribution in [-0.2, 0) is 11.8 Å². The van der Waals surface area contributed by atoms with E-state index in [1.807, 2.05) is 31.1 Å². The molecule has 1 aliphatic heterocycles. The topological polar surface area (TPSA) is 51.3 Å². The third-order valence-electron chi connectivity index (χ3n) is 4.12. The van der Waals surface area contributed by atoms with Gasteiger partial charge in [0.15, 0.2) is 0 Å². The maximum Gasteiger partial charge on any atom is 0.240 e. The summed E-state index contributed by atoms with van der Waals surface area (Å²) in [4.78, 5) is 14.5. The summed E-state index contributed by atoms with van der Waals surface area (Å²) in [6.45, 7) is 2.81. The lowest BCUT2D eigenvalue weighted by Gasteiger charge is -2.32. The zero-order valence-electron chi connectivity index (χ0n) is 12.0. The standard InChI is InChI=1S/C15H25N3O/c1-3-12(16)15(19)18-11-6-4-5-8-14(18)13-9-7-10-17(13)2/h7,9-10,12,14H,3-6,8,11,16H2,1-2H3/t12-,14?/m1/s1. The van der Waals surface area contributed by atoms with Crippen molar-refractivity contribution >= 4 is 5.91 Å². The number of carbonyl (C=O) groups excluding carboxylic acids is 1. The van der Waals surface area contributed by atoms with E-state index in [1.165, 1.54) is 18.5 Å². The van der Waals surface area contributed by atoms with Crippen LogP contribution in [-0.4, -0.2) is 28.0 Å². The Labute approximate surface area is 115 Å². The molecular weight excluding hydrogens is 238 g/mol. The summed E-state index contributed by atoms with van der Waals surface area (Å²) >= 11 is 0. The van der Waals surface area contributed by atoms with Crippen LogP contribution < -0.4 is 5.73 Å². The molecule has 1 saturated heterocycles. The molecular formula is C15H25N3O. The van der Waals surface area contributed by atoms with Gasteiger partial charge in [0.25, 0.3) is 0 Å². The van der Waals surface area contributed by atoms with Crippen LogP contribution in [0.1, 0.15) is 50.8 Å². The van der Waals surface area contributed by atoms with Crippen molar-refractivity contribution in [3.05, 3.63) is 24.0 Å². The Kier molecular flexibility index (Phi) is 4.64. The molecule has 1 aromatic rings. The summed E-state index contributed by atoms with van der Waals surface area (Å²) in [6, 6.07) is 3.99. The first kappa shape index (κ1) is 14.1. The molecule has 4 nitrogen and oxygen atoms in total. The van der Waals surface area contributed by atoms with Crippen LogP contribution in [0.2, 0.25) is 0 Å². The quantitative estimate of drug-likeness (QED) is 0.909. The highest BCUT2D eigenvalue weighted by molar-refractivity contribution is 5.82. The molecule has 1 aliphatic rings. The average molecular weight is 263 g/mol. The minimum Gasteiger partial charge on any atom is -0.353 e. The van der Waals surface area contributed by atoms with E-state index >= 15 is 0 Å². The number of hydrogen-bond donors (Lipinski definition) is 1. The van der Waals surface area contributed by atoms with Gasteiger partial charge in [-0.05, 0) is 31.4 Å². The first-order chi connectivity index (χ1) is 9.15. The van der Waals surface area contributed by atoms with Crippen LogP contribution in [0.3, 0.4) is 0 Å².